The lowest BCUT2D eigenvalue weighted by Gasteiger charge is -2.16. The number of imidazole rings is 1. The van der Waals surface area contributed by atoms with Crippen LogP contribution in [0, 0.1) is 13.8 Å². The van der Waals surface area contributed by atoms with Gasteiger partial charge in [0.05, 0.1) is 29.8 Å². The highest BCUT2D eigenvalue weighted by Crippen LogP contribution is 2.38. The highest BCUT2D eigenvalue weighted by atomic mass is 32.1. The molecule has 0 aliphatic carbocycles. The zero-order valence-corrected chi connectivity index (χ0v) is 21.3. The van der Waals surface area contributed by atoms with Crippen molar-refractivity contribution in [2.24, 2.45) is 0 Å². The maximum atomic E-state index is 13.1. The number of hydrogen-bond acceptors (Lipinski definition) is 7. The molecular formula is C28H26N2O5S. The molecule has 36 heavy (non-hydrogen) atoms. The van der Waals surface area contributed by atoms with Gasteiger partial charge in [-0.1, -0.05) is 29.5 Å². The van der Waals surface area contributed by atoms with E-state index in [-0.39, 0.29) is 5.56 Å². The predicted octanol–water partition coefficient (Wildman–Crippen LogP) is 4.55. The van der Waals surface area contributed by atoms with E-state index in [1.807, 2.05) is 60.7 Å². The van der Waals surface area contributed by atoms with Gasteiger partial charge in [0, 0.05) is 0 Å². The van der Waals surface area contributed by atoms with Gasteiger partial charge in [0.2, 0.25) is 5.75 Å². The van der Waals surface area contributed by atoms with Gasteiger partial charge in [0.1, 0.15) is 19.0 Å². The van der Waals surface area contributed by atoms with Crippen LogP contribution in [0.3, 0.4) is 0 Å². The lowest BCUT2D eigenvalue weighted by atomic mass is 10.1. The fourth-order valence-corrected chi connectivity index (χ4v) is 4.98. The van der Waals surface area contributed by atoms with E-state index in [1.165, 1.54) is 22.5 Å². The Bertz CT molecular complexity index is 1650. The van der Waals surface area contributed by atoms with E-state index < -0.39 is 0 Å². The van der Waals surface area contributed by atoms with E-state index >= 15 is 0 Å². The third-order valence-corrected chi connectivity index (χ3v) is 6.97. The molecule has 0 aliphatic heterocycles. The first-order valence-electron chi connectivity index (χ1n) is 11.5. The van der Waals surface area contributed by atoms with Crippen LogP contribution in [0.2, 0.25) is 0 Å². The van der Waals surface area contributed by atoms with E-state index in [1.54, 1.807) is 18.6 Å². The predicted molar refractivity (Wildman–Crippen MR) is 142 cm³/mol. The summed E-state index contributed by atoms with van der Waals surface area (Å²) in [4.78, 5) is 18.4. The summed E-state index contributed by atoms with van der Waals surface area (Å²) in [5.41, 5.74) is 4.66. The minimum atomic E-state index is -0.106. The van der Waals surface area contributed by atoms with Gasteiger partial charge >= 0.3 is 0 Å². The molecule has 0 bridgehead atoms. The number of hydrogen-bond donors (Lipinski definition) is 0. The molecule has 184 valence electrons. The average molecular weight is 503 g/mol. The largest absolute Gasteiger partial charge is 0.493 e. The number of benzene rings is 3. The third kappa shape index (κ3) is 4.47. The van der Waals surface area contributed by atoms with Crippen molar-refractivity contribution in [1.82, 2.24) is 9.38 Å². The number of thiazole rings is 1. The first-order chi connectivity index (χ1) is 17.5. The number of methoxy groups -OCH3 is 2. The molecule has 5 aromatic rings. The van der Waals surface area contributed by atoms with E-state index in [0.717, 1.165) is 22.3 Å². The lowest BCUT2D eigenvalue weighted by molar-refractivity contribution is 0.205. The molecule has 3 aromatic carbocycles. The van der Waals surface area contributed by atoms with Crippen LogP contribution >= 0.6 is 11.3 Å². The van der Waals surface area contributed by atoms with Gasteiger partial charge in [0.15, 0.2) is 16.5 Å². The molecule has 0 saturated heterocycles. The molecule has 0 saturated carbocycles. The molecule has 0 spiro atoms. The van der Waals surface area contributed by atoms with Crippen molar-refractivity contribution < 1.29 is 18.9 Å². The van der Waals surface area contributed by atoms with Crippen LogP contribution in [0.15, 0.2) is 59.4 Å². The number of nitrogens with zero attached hydrogens (tertiary/aromatic N) is 2. The van der Waals surface area contributed by atoms with Crippen LogP contribution in [-0.4, -0.2) is 36.8 Å². The highest BCUT2D eigenvalue weighted by molar-refractivity contribution is 7.15. The average Bonchev–Trinajstić information content (AvgIpc) is 3.39. The molecule has 0 atom stereocenters. The van der Waals surface area contributed by atoms with Gasteiger partial charge in [-0.2, -0.15) is 0 Å². The Kier molecular flexibility index (Phi) is 6.52. The molecule has 0 aliphatic rings. The Hall–Kier alpha value is -4.04. The minimum Gasteiger partial charge on any atom is -0.493 e. The molecule has 0 unspecified atom stereocenters. The van der Waals surface area contributed by atoms with Crippen LogP contribution in [0.1, 0.15) is 16.7 Å². The van der Waals surface area contributed by atoms with E-state index in [9.17, 15) is 4.79 Å². The van der Waals surface area contributed by atoms with Gasteiger partial charge in [0.25, 0.3) is 5.56 Å². The number of aryl methyl sites for hydroxylation is 2. The molecular weight excluding hydrogens is 476 g/mol. The summed E-state index contributed by atoms with van der Waals surface area (Å²) in [6.45, 7) is 4.80. The van der Waals surface area contributed by atoms with Crippen molar-refractivity contribution in [1.29, 1.82) is 0 Å². The van der Waals surface area contributed by atoms with Crippen molar-refractivity contribution in [3.05, 3.63) is 86.2 Å². The SMILES string of the molecule is COc1cc(/C=c2\sc3nc4ccccc4n3c2=O)cc(OC)c1OCCOc1ccc(C)c(C)c1. The molecule has 0 amide bonds. The van der Waals surface area contributed by atoms with Crippen LogP contribution in [0.25, 0.3) is 22.1 Å². The number of rotatable bonds is 8. The Labute approximate surface area is 212 Å². The zero-order chi connectivity index (χ0) is 25.2. The molecule has 0 N–H and O–H groups in total. The standard InChI is InChI=1S/C28H26N2O5S/c1-17-9-10-20(13-18(17)2)34-11-12-35-26-23(32-3)14-19(15-24(26)33-4)16-25-27(31)30-22-8-6-5-7-21(22)29-28(30)36-25/h5-10,13-16H,11-12H2,1-4H3/b25-16-. The van der Waals surface area contributed by atoms with Gasteiger partial charge in [-0.05, 0) is 73.0 Å². The minimum absolute atomic E-state index is 0.106. The molecule has 7 nitrogen and oxygen atoms in total. The summed E-state index contributed by atoms with van der Waals surface area (Å²) in [7, 11) is 3.14. The van der Waals surface area contributed by atoms with E-state index in [2.05, 4.69) is 18.8 Å². The highest BCUT2D eigenvalue weighted by Gasteiger charge is 2.15. The fraction of sp³-hybridized carbons (Fsp3) is 0.214. The summed E-state index contributed by atoms with van der Waals surface area (Å²) in [6.07, 6.45) is 1.81. The first-order valence-corrected chi connectivity index (χ1v) is 12.3. The Morgan fingerprint density at radius 3 is 2.36 bits per heavy atom. The molecule has 8 heteroatoms. The second-order valence-electron chi connectivity index (χ2n) is 8.33. The van der Waals surface area contributed by atoms with Crippen LogP contribution in [-0.2, 0) is 0 Å². The molecule has 0 fully saturated rings. The summed E-state index contributed by atoms with van der Waals surface area (Å²) in [6, 6.07) is 17.2. The molecule has 5 rings (SSSR count). The smallest absolute Gasteiger partial charge is 0.274 e. The van der Waals surface area contributed by atoms with Gasteiger partial charge in [-0.15, -0.1) is 0 Å². The second kappa shape index (κ2) is 9.91. The van der Waals surface area contributed by atoms with E-state index in [0.29, 0.717) is 40.0 Å². The van der Waals surface area contributed by atoms with Crippen LogP contribution in [0.4, 0.5) is 0 Å². The Balaban J connectivity index is 1.39. The number of para-hydroxylation sites is 2. The summed E-state index contributed by atoms with van der Waals surface area (Å²) in [5.74, 6) is 2.29. The van der Waals surface area contributed by atoms with Crippen molar-refractivity contribution >= 4 is 33.4 Å². The molecule has 2 heterocycles. The number of fused-ring (bicyclic) bond motifs is 3. The number of ether oxygens (including phenoxy) is 4. The van der Waals surface area contributed by atoms with Crippen LogP contribution < -0.4 is 29.0 Å². The van der Waals surface area contributed by atoms with Gasteiger partial charge < -0.3 is 18.9 Å². The summed E-state index contributed by atoms with van der Waals surface area (Å²) in [5, 5.41) is 0. The quantitative estimate of drug-likeness (QED) is 0.290. The third-order valence-electron chi connectivity index (χ3n) is 6.00. The first kappa shape index (κ1) is 23.7. The van der Waals surface area contributed by atoms with Gasteiger partial charge in [-0.25, -0.2) is 9.38 Å². The molecule has 0 radical (unpaired) electrons. The lowest BCUT2D eigenvalue weighted by Crippen LogP contribution is -2.22. The monoisotopic (exact) mass is 502 g/mol. The maximum Gasteiger partial charge on any atom is 0.274 e. The van der Waals surface area contributed by atoms with Crippen molar-refractivity contribution in [3.63, 3.8) is 0 Å². The zero-order valence-electron chi connectivity index (χ0n) is 20.5. The van der Waals surface area contributed by atoms with E-state index in [4.69, 9.17) is 18.9 Å². The molecule has 2 aromatic heterocycles. The van der Waals surface area contributed by atoms with Crippen molar-refractivity contribution in [2.45, 2.75) is 13.8 Å². The Morgan fingerprint density at radius 1 is 0.917 bits per heavy atom. The topological polar surface area (TPSA) is 71.3 Å². The van der Waals surface area contributed by atoms with Crippen molar-refractivity contribution in [3.8, 4) is 23.0 Å². The summed E-state index contributed by atoms with van der Waals surface area (Å²) < 4.78 is 25.2. The van der Waals surface area contributed by atoms with Crippen LogP contribution in [0.5, 0.6) is 23.0 Å². The fourth-order valence-electron chi connectivity index (χ4n) is 4.00. The normalized spacial score (nSPS) is 11.8. The van der Waals surface area contributed by atoms with Gasteiger partial charge in [-0.3, -0.25) is 4.79 Å². The maximum absolute atomic E-state index is 13.1. The summed E-state index contributed by atoms with van der Waals surface area (Å²) >= 11 is 1.35. The second-order valence-corrected chi connectivity index (χ2v) is 9.34. The number of aromatic nitrogens is 2. The Morgan fingerprint density at radius 2 is 1.64 bits per heavy atom. The van der Waals surface area contributed by atoms with Crippen molar-refractivity contribution in [2.75, 3.05) is 27.4 Å².